The van der Waals surface area contributed by atoms with Gasteiger partial charge < -0.3 is 40.9 Å². The van der Waals surface area contributed by atoms with E-state index in [0.29, 0.717) is 34.7 Å². The summed E-state index contributed by atoms with van der Waals surface area (Å²) in [5.41, 5.74) is -0.687. The molecule has 0 saturated carbocycles. The SMILES string of the molecule is CCC[C@@H](O)Cc1c(Br)c(=O)c2c(O)c3c(O)c(Br)c(O)c4c5c(=O)cc(O)c6c(O)c7c(O)c(Br)c(C[C@H](C)O)c8c1c2c(c34)c(c78)c65. The Morgan fingerprint density at radius 2 is 1.02 bits per heavy atom. The zero-order valence-electron chi connectivity index (χ0n) is 25.6. The van der Waals surface area contributed by atoms with E-state index < -0.39 is 57.6 Å². The maximum Gasteiger partial charge on any atom is 0.204 e. The molecule has 0 aliphatic rings. The Bertz CT molecular complexity index is 2870. The summed E-state index contributed by atoms with van der Waals surface area (Å²) in [6.45, 7) is 3.45. The number of halogens is 3. The molecule has 0 amide bonds. The molecule has 0 saturated heterocycles. The smallest absolute Gasteiger partial charge is 0.204 e. The molecule has 49 heavy (non-hydrogen) atoms. The molecular formula is C36H25Br3O10. The molecule has 8 aromatic rings. The number of benzene rings is 8. The van der Waals surface area contributed by atoms with Crippen molar-refractivity contribution in [2.75, 3.05) is 0 Å². The van der Waals surface area contributed by atoms with Gasteiger partial charge in [0.1, 0.15) is 39.0 Å². The molecule has 0 aromatic heterocycles. The largest absolute Gasteiger partial charge is 0.507 e. The average molecular weight is 857 g/mol. The van der Waals surface area contributed by atoms with Crippen molar-refractivity contribution >= 4 is 123 Å². The Balaban J connectivity index is 1.92. The van der Waals surface area contributed by atoms with Crippen LogP contribution in [0.1, 0.15) is 37.8 Å². The number of phenolic OH excluding ortho intramolecular Hbond substituents is 6. The zero-order chi connectivity index (χ0) is 35.3. The van der Waals surface area contributed by atoms with Crippen LogP contribution < -0.4 is 10.9 Å². The molecule has 0 radical (unpaired) electrons. The summed E-state index contributed by atoms with van der Waals surface area (Å²) in [7, 11) is 0. The second-order valence-electron chi connectivity index (χ2n) is 12.8. The molecule has 2 atom stereocenters. The van der Waals surface area contributed by atoms with Crippen LogP contribution in [-0.4, -0.2) is 53.1 Å². The number of fused-ring (bicyclic) bond motifs is 2. The van der Waals surface area contributed by atoms with E-state index >= 15 is 0 Å². The number of aliphatic hydroxyl groups is 2. The molecule has 8 rings (SSSR count). The number of hydrogen-bond donors (Lipinski definition) is 8. The van der Waals surface area contributed by atoms with Gasteiger partial charge in [0.2, 0.25) is 5.43 Å². The van der Waals surface area contributed by atoms with E-state index in [0.717, 1.165) is 6.07 Å². The maximum atomic E-state index is 14.4. The first kappa shape index (κ1) is 32.3. The highest BCUT2D eigenvalue weighted by atomic mass is 79.9. The third-order valence-electron chi connectivity index (χ3n) is 9.92. The summed E-state index contributed by atoms with van der Waals surface area (Å²) >= 11 is 10.1. The molecule has 0 aliphatic carbocycles. The van der Waals surface area contributed by atoms with Gasteiger partial charge in [0.15, 0.2) is 5.43 Å². The van der Waals surface area contributed by atoms with Crippen LogP contribution in [0.15, 0.2) is 29.1 Å². The average Bonchev–Trinajstić information content (AvgIpc) is 3.03. The molecule has 0 heterocycles. The minimum Gasteiger partial charge on any atom is -0.507 e. The van der Waals surface area contributed by atoms with Crippen LogP contribution >= 0.6 is 47.8 Å². The highest BCUT2D eigenvalue weighted by Gasteiger charge is 2.36. The summed E-state index contributed by atoms with van der Waals surface area (Å²) in [6.07, 6.45) is -0.918. The highest BCUT2D eigenvalue weighted by Crippen LogP contribution is 2.62. The second-order valence-corrected chi connectivity index (χ2v) is 15.2. The van der Waals surface area contributed by atoms with Gasteiger partial charge in [-0.05, 0) is 89.5 Å². The molecular weight excluding hydrogens is 832 g/mol. The van der Waals surface area contributed by atoms with E-state index in [4.69, 9.17) is 0 Å². The Hall–Kier alpha value is -3.88. The normalized spacial score (nSPS) is 14.0. The van der Waals surface area contributed by atoms with Crippen LogP contribution in [0.5, 0.6) is 34.5 Å². The van der Waals surface area contributed by atoms with Crippen LogP contribution in [0, 0.1) is 0 Å². The van der Waals surface area contributed by atoms with Crippen LogP contribution in [0.4, 0.5) is 0 Å². The lowest BCUT2D eigenvalue weighted by atomic mass is 9.76. The number of rotatable bonds is 6. The summed E-state index contributed by atoms with van der Waals surface area (Å²) in [6, 6.07) is 0.872. The van der Waals surface area contributed by atoms with Crippen LogP contribution in [-0.2, 0) is 12.8 Å². The van der Waals surface area contributed by atoms with Gasteiger partial charge in [0.05, 0.1) is 42.7 Å². The molecule has 8 aromatic carbocycles. The number of hydrogen-bond acceptors (Lipinski definition) is 10. The van der Waals surface area contributed by atoms with Crippen molar-refractivity contribution in [1.29, 1.82) is 0 Å². The lowest BCUT2D eigenvalue weighted by Gasteiger charge is -2.28. The monoisotopic (exact) mass is 854 g/mol. The van der Waals surface area contributed by atoms with Crippen molar-refractivity contribution in [2.24, 2.45) is 0 Å². The molecule has 0 spiro atoms. The van der Waals surface area contributed by atoms with E-state index in [-0.39, 0.29) is 90.9 Å². The first-order chi connectivity index (χ1) is 23.1. The van der Waals surface area contributed by atoms with Gasteiger partial charge in [-0.25, -0.2) is 0 Å². The van der Waals surface area contributed by atoms with Gasteiger partial charge in [-0.15, -0.1) is 0 Å². The Morgan fingerprint density at radius 3 is 1.61 bits per heavy atom. The summed E-state index contributed by atoms with van der Waals surface area (Å²) in [5.74, 6) is -3.39. The van der Waals surface area contributed by atoms with E-state index in [1.165, 1.54) is 0 Å². The van der Waals surface area contributed by atoms with E-state index in [2.05, 4.69) is 47.8 Å². The second kappa shape index (κ2) is 10.6. The molecule has 0 fully saturated rings. The predicted octanol–water partition coefficient (Wildman–Crippen LogP) is 7.38. The third-order valence-corrected chi connectivity index (χ3v) is 12.4. The predicted molar refractivity (Wildman–Crippen MR) is 199 cm³/mol. The van der Waals surface area contributed by atoms with Gasteiger partial charge in [0, 0.05) is 55.6 Å². The van der Waals surface area contributed by atoms with Gasteiger partial charge in [-0.3, -0.25) is 9.59 Å². The highest BCUT2D eigenvalue weighted by molar-refractivity contribution is 9.11. The first-order valence-electron chi connectivity index (χ1n) is 15.4. The molecule has 250 valence electrons. The van der Waals surface area contributed by atoms with Gasteiger partial charge in [-0.1, -0.05) is 13.3 Å². The van der Waals surface area contributed by atoms with Crippen molar-refractivity contribution in [3.8, 4) is 34.5 Å². The summed E-state index contributed by atoms with van der Waals surface area (Å²) in [5, 5.41) is 92.3. The number of aromatic hydroxyl groups is 6. The van der Waals surface area contributed by atoms with Crippen molar-refractivity contribution in [1.82, 2.24) is 0 Å². The van der Waals surface area contributed by atoms with Crippen molar-refractivity contribution in [2.45, 2.75) is 51.7 Å². The van der Waals surface area contributed by atoms with Gasteiger partial charge >= 0.3 is 0 Å². The Kier molecular flexibility index (Phi) is 6.97. The maximum absolute atomic E-state index is 14.4. The summed E-state index contributed by atoms with van der Waals surface area (Å²) < 4.78 is -0.138. The molecule has 0 bridgehead atoms. The van der Waals surface area contributed by atoms with Crippen LogP contribution in [0.2, 0.25) is 0 Å². The minimum absolute atomic E-state index is 0.0169. The van der Waals surface area contributed by atoms with Gasteiger partial charge in [0.25, 0.3) is 0 Å². The third kappa shape index (κ3) is 3.82. The fraction of sp³-hybridized carbons (Fsp3) is 0.222. The summed E-state index contributed by atoms with van der Waals surface area (Å²) in [4.78, 5) is 28.3. The van der Waals surface area contributed by atoms with Crippen LogP contribution in [0.3, 0.4) is 0 Å². The lowest BCUT2D eigenvalue weighted by molar-refractivity contribution is 0.164. The molecule has 10 nitrogen and oxygen atoms in total. The van der Waals surface area contributed by atoms with Gasteiger partial charge in [-0.2, -0.15) is 0 Å². The standard InChI is InChI=1S/C36H25Br3O10/c1-3-4-9(41)6-11-15-14-10(5-8(2)40)28(37)34(47)25-18(14)21-20-16(12(42)7-13(43)17(20)31(25)44)24-23-22(21)19(15)26(35(48)29(11)38)32(45)27(23)36(49)30(39)33(24)46/h7-9,40-41,43-47,49H,3-6H2,1-2H3/t8-,9+/m0/s1. The molecule has 0 unspecified atom stereocenters. The number of phenols is 6. The van der Waals surface area contributed by atoms with E-state index in [9.17, 15) is 50.4 Å². The molecule has 13 heteroatoms. The fourth-order valence-corrected chi connectivity index (χ4v) is 9.67. The Labute approximate surface area is 299 Å². The minimum atomic E-state index is -0.959. The fourth-order valence-electron chi connectivity index (χ4n) is 8.16. The topological polar surface area (TPSA) is 196 Å². The molecule has 8 N–H and O–H groups in total. The lowest BCUT2D eigenvalue weighted by Crippen LogP contribution is -2.16. The number of aliphatic hydroxyl groups excluding tert-OH is 2. The molecule has 0 aliphatic heterocycles. The van der Waals surface area contributed by atoms with Crippen molar-refractivity contribution < 1.29 is 40.9 Å². The van der Waals surface area contributed by atoms with Crippen molar-refractivity contribution in [3.05, 3.63) is 51.1 Å². The zero-order valence-corrected chi connectivity index (χ0v) is 30.3. The quantitative estimate of drug-likeness (QED) is 0.0618. The first-order valence-corrected chi connectivity index (χ1v) is 17.8. The Morgan fingerprint density at radius 1 is 0.551 bits per heavy atom. The van der Waals surface area contributed by atoms with Crippen LogP contribution in [0.25, 0.3) is 75.4 Å². The van der Waals surface area contributed by atoms with E-state index in [1.54, 1.807) is 6.92 Å². The van der Waals surface area contributed by atoms with E-state index in [1.807, 2.05) is 6.92 Å². The van der Waals surface area contributed by atoms with Crippen molar-refractivity contribution in [3.63, 3.8) is 0 Å².